The summed E-state index contributed by atoms with van der Waals surface area (Å²) in [6.07, 6.45) is 3.33. The Hall–Kier alpha value is -0.680. The molecular weight excluding hydrogens is 338 g/mol. The third-order valence-corrected chi connectivity index (χ3v) is 4.72. The van der Waals surface area contributed by atoms with Crippen molar-refractivity contribution in [2.24, 2.45) is 5.92 Å². The lowest BCUT2D eigenvalue weighted by Crippen LogP contribution is -2.39. The molecule has 0 spiro atoms. The van der Waals surface area contributed by atoms with Crippen LogP contribution in [0.5, 0.6) is 0 Å². The van der Waals surface area contributed by atoms with Gasteiger partial charge in [0.25, 0.3) is 0 Å². The zero-order chi connectivity index (χ0) is 15.4. The van der Waals surface area contributed by atoms with Crippen LogP contribution in [-0.4, -0.2) is 30.6 Å². The first kappa shape index (κ1) is 16.7. The Morgan fingerprint density at radius 3 is 2.38 bits per heavy atom. The van der Waals surface area contributed by atoms with Gasteiger partial charge in [-0.15, -0.1) is 0 Å². The molecule has 0 amide bonds. The van der Waals surface area contributed by atoms with E-state index in [1.54, 1.807) is 0 Å². The van der Waals surface area contributed by atoms with E-state index >= 15 is 0 Å². The summed E-state index contributed by atoms with van der Waals surface area (Å²) >= 11 is 3.10. The topological polar surface area (TPSA) is 15.3 Å². The first-order valence-electron chi connectivity index (χ1n) is 7.64. The maximum Gasteiger partial charge on any atom is 0.150 e. The highest BCUT2D eigenvalue weighted by molar-refractivity contribution is 9.10. The minimum Gasteiger partial charge on any atom is -0.378 e. The molecule has 1 unspecified atom stereocenters. The van der Waals surface area contributed by atoms with Gasteiger partial charge in [-0.1, -0.05) is 22.9 Å². The van der Waals surface area contributed by atoms with Crippen molar-refractivity contribution in [3.05, 3.63) is 28.2 Å². The van der Waals surface area contributed by atoms with Crippen LogP contribution in [0, 0.1) is 17.6 Å². The van der Waals surface area contributed by atoms with E-state index in [0.717, 1.165) is 32.5 Å². The van der Waals surface area contributed by atoms with Crippen LogP contribution in [0.4, 0.5) is 14.5 Å². The van der Waals surface area contributed by atoms with Crippen LogP contribution >= 0.6 is 15.9 Å². The zero-order valence-corrected chi connectivity index (χ0v) is 14.2. The van der Waals surface area contributed by atoms with Gasteiger partial charge in [0.2, 0.25) is 0 Å². The monoisotopic (exact) mass is 360 g/mol. The van der Waals surface area contributed by atoms with Crippen LogP contribution in [0.1, 0.15) is 33.1 Å². The second kappa shape index (κ2) is 7.54. The van der Waals surface area contributed by atoms with Gasteiger partial charge in [-0.25, -0.2) is 8.78 Å². The molecule has 2 rings (SSSR count). The van der Waals surface area contributed by atoms with Crippen molar-refractivity contribution < 1.29 is 8.78 Å². The lowest BCUT2D eigenvalue weighted by Gasteiger charge is -2.35. The van der Waals surface area contributed by atoms with Gasteiger partial charge in [-0.2, -0.15) is 0 Å². The number of nitrogens with one attached hydrogen (secondary N) is 1. The van der Waals surface area contributed by atoms with Gasteiger partial charge in [0, 0.05) is 10.5 Å². The first-order chi connectivity index (χ1) is 10.0. The van der Waals surface area contributed by atoms with E-state index in [1.807, 2.05) is 6.92 Å². The van der Waals surface area contributed by atoms with Crippen LogP contribution < -0.4 is 5.32 Å². The van der Waals surface area contributed by atoms with Crippen LogP contribution in [-0.2, 0) is 0 Å². The number of anilines is 1. The van der Waals surface area contributed by atoms with E-state index in [4.69, 9.17) is 0 Å². The van der Waals surface area contributed by atoms with Crippen LogP contribution in [0.3, 0.4) is 0 Å². The van der Waals surface area contributed by atoms with E-state index in [-0.39, 0.29) is 11.7 Å². The Labute approximate surface area is 134 Å². The molecule has 0 saturated carbocycles. The lowest BCUT2D eigenvalue weighted by atomic mass is 9.90. The summed E-state index contributed by atoms with van der Waals surface area (Å²) in [7, 11) is 0. The standard InChI is InChI=1S/C16H23BrF2N2/c1-3-6-21-7-4-12(5-8-21)11(2)20-16-14(18)9-13(17)10-15(16)19/h9-12,20H,3-8H2,1-2H3. The molecule has 0 bridgehead atoms. The first-order valence-corrected chi connectivity index (χ1v) is 8.44. The van der Waals surface area contributed by atoms with Gasteiger partial charge in [-0.3, -0.25) is 0 Å². The highest BCUT2D eigenvalue weighted by Gasteiger charge is 2.24. The Kier molecular flexibility index (Phi) is 5.99. The van der Waals surface area contributed by atoms with Crippen molar-refractivity contribution in [3.63, 3.8) is 0 Å². The van der Waals surface area contributed by atoms with Gasteiger partial charge in [0.05, 0.1) is 0 Å². The molecule has 1 N–H and O–H groups in total. The predicted octanol–water partition coefficient (Wildman–Crippen LogP) is 4.65. The van der Waals surface area contributed by atoms with Gasteiger partial charge in [0.1, 0.15) is 17.3 Å². The van der Waals surface area contributed by atoms with Crippen LogP contribution in [0.25, 0.3) is 0 Å². The van der Waals surface area contributed by atoms with Gasteiger partial charge in [0.15, 0.2) is 0 Å². The number of nitrogens with zero attached hydrogens (tertiary/aromatic N) is 1. The number of piperidine rings is 1. The molecule has 0 aromatic heterocycles. The largest absolute Gasteiger partial charge is 0.378 e. The van der Waals surface area contributed by atoms with Gasteiger partial charge >= 0.3 is 0 Å². The lowest BCUT2D eigenvalue weighted by molar-refractivity contribution is 0.176. The molecule has 2 nitrogen and oxygen atoms in total. The maximum absolute atomic E-state index is 13.9. The van der Waals surface area contributed by atoms with Crippen LogP contribution in [0.15, 0.2) is 16.6 Å². The Bertz CT molecular complexity index is 450. The second-order valence-electron chi connectivity index (χ2n) is 5.86. The number of benzene rings is 1. The fourth-order valence-electron chi connectivity index (χ4n) is 3.02. The molecule has 1 atom stereocenters. The number of likely N-dealkylation sites (tertiary alicyclic amines) is 1. The highest BCUT2D eigenvalue weighted by atomic mass is 79.9. The van der Waals surface area contributed by atoms with E-state index < -0.39 is 11.6 Å². The summed E-state index contributed by atoms with van der Waals surface area (Å²) in [5.74, 6) is -0.630. The summed E-state index contributed by atoms with van der Waals surface area (Å²) in [6, 6.07) is 2.66. The SMILES string of the molecule is CCCN1CCC(C(C)Nc2c(F)cc(Br)cc2F)CC1. The number of hydrogen-bond acceptors (Lipinski definition) is 2. The van der Waals surface area contributed by atoms with E-state index in [9.17, 15) is 8.78 Å². The highest BCUT2D eigenvalue weighted by Crippen LogP contribution is 2.28. The maximum atomic E-state index is 13.9. The third kappa shape index (κ3) is 4.39. The molecule has 0 radical (unpaired) electrons. The second-order valence-corrected chi connectivity index (χ2v) is 6.77. The van der Waals surface area contributed by atoms with Crippen molar-refractivity contribution in [2.75, 3.05) is 25.0 Å². The van der Waals surface area contributed by atoms with Gasteiger partial charge < -0.3 is 10.2 Å². The molecule has 1 fully saturated rings. The van der Waals surface area contributed by atoms with E-state index in [1.165, 1.54) is 18.6 Å². The number of hydrogen-bond donors (Lipinski definition) is 1. The normalized spacial score (nSPS) is 18.7. The Morgan fingerprint density at radius 2 is 1.86 bits per heavy atom. The third-order valence-electron chi connectivity index (χ3n) is 4.26. The fourth-order valence-corrected chi connectivity index (χ4v) is 3.42. The Balaban J connectivity index is 1.95. The van der Waals surface area contributed by atoms with Gasteiger partial charge in [-0.05, 0) is 63.9 Å². The molecule has 1 saturated heterocycles. The number of halogens is 3. The summed E-state index contributed by atoms with van der Waals surface area (Å²) in [5.41, 5.74) is -0.0123. The van der Waals surface area contributed by atoms with E-state index in [0.29, 0.717) is 10.4 Å². The summed E-state index contributed by atoms with van der Waals surface area (Å²) in [6.45, 7) is 7.51. The summed E-state index contributed by atoms with van der Waals surface area (Å²) in [4.78, 5) is 2.46. The molecule has 21 heavy (non-hydrogen) atoms. The average molecular weight is 361 g/mol. The molecule has 1 aromatic rings. The average Bonchev–Trinajstić information content (AvgIpc) is 2.43. The fraction of sp³-hybridized carbons (Fsp3) is 0.625. The molecule has 1 aromatic carbocycles. The quantitative estimate of drug-likeness (QED) is 0.821. The molecule has 1 aliphatic rings. The molecule has 5 heteroatoms. The van der Waals surface area contributed by atoms with Crippen molar-refractivity contribution in [2.45, 2.75) is 39.2 Å². The molecule has 118 valence electrons. The molecule has 1 aliphatic heterocycles. The van der Waals surface area contributed by atoms with E-state index in [2.05, 4.69) is 33.1 Å². The summed E-state index contributed by atoms with van der Waals surface area (Å²) < 4.78 is 28.1. The van der Waals surface area contributed by atoms with Crippen molar-refractivity contribution in [3.8, 4) is 0 Å². The van der Waals surface area contributed by atoms with Crippen molar-refractivity contribution in [1.29, 1.82) is 0 Å². The Morgan fingerprint density at radius 1 is 1.29 bits per heavy atom. The summed E-state index contributed by atoms with van der Waals surface area (Å²) in [5, 5.41) is 3.03. The molecule has 1 heterocycles. The minimum atomic E-state index is -0.544. The smallest absolute Gasteiger partial charge is 0.150 e. The van der Waals surface area contributed by atoms with Crippen molar-refractivity contribution in [1.82, 2.24) is 4.90 Å². The molecule has 0 aliphatic carbocycles. The molecular formula is C16H23BrF2N2. The zero-order valence-electron chi connectivity index (χ0n) is 12.6. The predicted molar refractivity (Wildman–Crippen MR) is 86.6 cm³/mol. The van der Waals surface area contributed by atoms with Crippen molar-refractivity contribution >= 4 is 21.6 Å². The van der Waals surface area contributed by atoms with Crippen LogP contribution in [0.2, 0.25) is 0 Å². The minimum absolute atomic E-state index is 0.0123. The number of rotatable bonds is 5.